The fraction of sp³-hybridized carbons (Fsp3) is 0.158. The van der Waals surface area contributed by atoms with Crippen molar-refractivity contribution in [1.82, 2.24) is 0 Å². The van der Waals surface area contributed by atoms with Gasteiger partial charge in [-0.25, -0.2) is 8.42 Å². The van der Waals surface area contributed by atoms with Crippen LogP contribution < -0.4 is 0 Å². The van der Waals surface area contributed by atoms with Gasteiger partial charge in [0, 0.05) is 0 Å². The Hall–Kier alpha value is -2.13. The van der Waals surface area contributed by atoms with E-state index in [1.54, 1.807) is 24.3 Å². The van der Waals surface area contributed by atoms with E-state index in [0.717, 1.165) is 22.3 Å². The molecule has 22 heavy (non-hydrogen) atoms. The molecule has 0 heterocycles. The zero-order valence-electron chi connectivity index (χ0n) is 12.9. The molecular formula is C19H20O2S. The summed E-state index contributed by atoms with van der Waals surface area (Å²) >= 11 is 0. The van der Waals surface area contributed by atoms with Gasteiger partial charge in [-0.05, 0) is 42.7 Å². The molecule has 0 saturated carbocycles. The molecule has 2 aromatic rings. The van der Waals surface area contributed by atoms with Crippen LogP contribution in [0.25, 0.3) is 6.08 Å². The number of allylic oxidation sites excluding steroid dienone is 2. The molecule has 0 unspecified atom stereocenters. The van der Waals surface area contributed by atoms with Crippen LogP contribution in [-0.2, 0) is 15.6 Å². The summed E-state index contributed by atoms with van der Waals surface area (Å²) in [7, 11) is -3.33. The Labute approximate surface area is 132 Å². The van der Waals surface area contributed by atoms with E-state index in [4.69, 9.17) is 0 Å². The van der Waals surface area contributed by atoms with Gasteiger partial charge < -0.3 is 0 Å². The van der Waals surface area contributed by atoms with Crippen LogP contribution in [0.2, 0.25) is 0 Å². The van der Waals surface area contributed by atoms with Gasteiger partial charge in [-0.15, -0.1) is 0 Å². The van der Waals surface area contributed by atoms with E-state index in [1.165, 1.54) is 0 Å². The van der Waals surface area contributed by atoms with Crippen molar-refractivity contribution in [3.05, 3.63) is 83.4 Å². The van der Waals surface area contributed by atoms with E-state index in [2.05, 4.69) is 6.58 Å². The highest BCUT2D eigenvalue weighted by molar-refractivity contribution is 7.90. The fourth-order valence-corrected chi connectivity index (χ4v) is 3.65. The average molecular weight is 312 g/mol. The molecule has 0 N–H and O–H groups in total. The molecule has 0 radical (unpaired) electrons. The lowest BCUT2D eigenvalue weighted by atomic mass is 10.0. The third kappa shape index (κ3) is 3.95. The highest BCUT2D eigenvalue weighted by Gasteiger charge is 2.16. The lowest BCUT2D eigenvalue weighted by Crippen LogP contribution is -2.06. The zero-order valence-corrected chi connectivity index (χ0v) is 13.7. The average Bonchev–Trinajstić information content (AvgIpc) is 2.49. The van der Waals surface area contributed by atoms with Crippen molar-refractivity contribution in [1.29, 1.82) is 0 Å². The van der Waals surface area contributed by atoms with Crippen molar-refractivity contribution in [3.8, 4) is 0 Å². The molecule has 114 valence electrons. The summed E-state index contributed by atoms with van der Waals surface area (Å²) in [6.07, 6.45) is 3.90. The van der Waals surface area contributed by atoms with Crippen molar-refractivity contribution >= 4 is 15.9 Å². The van der Waals surface area contributed by atoms with Crippen LogP contribution in [-0.4, -0.2) is 8.42 Å². The SMILES string of the molecule is C=C(C)C=Cc1cccc(CS(=O)(=O)c2ccccc2)c1C. The molecule has 2 nitrogen and oxygen atoms in total. The maximum atomic E-state index is 12.5. The monoisotopic (exact) mass is 312 g/mol. The summed E-state index contributed by atoms with van der Waals surface area (Å²) in [6, 6.07) is 14.3. The first kappa shape index (κ1) is 16.2. The van der Waals surface area contributed by atoms with Gasteiger partial charge in [-0.3, -0.25) is 0 Å². The summed E-state index contributed by atoms with van der Waals surface area (Å²) in [5.74, 6) is 0.0115. The molecule has 0 aliphatic rings. The van der Waals surface area contributed by atoms with Crippen molar-refractivity contribution in [2.24, 2.45) is 0 Å². The summed E-state index contributed by atoms with van der Waals surface area (Å²) in [6.45, 7) is 7.72. The third-order valence-corrected chi connectivity index (χ3v) is 5.16. The number of hydrogen-bond donors (Lipinski definition) is 0. The van der Waals surface area contributed by atoms with Gasteiger partial charge in [0.2, 0.25) is 0 Å². The Balaban J connectivity index is 2.35. The topological polar surface area (TPSA) is 34.1 Å². The van der Waals surface area contributed by atoms with E-state index in [-0.39, 0.29) is 5.75 Å². The molecule has 2 rings (SSSR count). The van der Waals surface area contributed by atoms with Crippen LogP contribution >= 0.6 is 0 Å². The third-order valence-electron chi connectivity index (χ3n) is 3.48. The number of sulfone groups is 1. The highest BCUT2D eigenvalue weighted by atomic mass is 32.2. The normalized spacial score (nSPS) is 11.7. The molecule has 0 amide bonds. The van der Waals surface area contributed by atoms with E-state index < -0.39 is 9.84 Å². The first-order chi connectivity index (χ1) is 10.4. The van der Waals surface area contributed by atoms with Gasteiger partial charge in [-0.1, -0.05) is 60.7 Å². The van der Waals surface area contributed by atoms with Gasteiger partial charge in [0.1, 0.15) is 0 Å². The lowest BCUT2D eigenvalue weighted by molar-refractivity contribution is 0.595. The van der Waals surface area contributed by atoms with Crippen LogP contribution in [0, 0.1) is 6.92 Å². The second-order valence-corrected chi connectivity index (χ2v) is 7.37. The Morgan fingerprint density at radius 1 is 1.09 bits per heavy atom. The second-order valence-electron chi connectivity index (χ2n) is 5.38. The predicted octanol–water partition coefficient (Wildman–Crippen LogP) is 4.56. The molecule has 0 saturated heterocycles. The summed E-state index contributed by atoms with van der Waals surface area (Å²) in [4.78, 5) is 0.359. The molecule has 0 aliphatic carbocycles. The minimum absolute atomic E-state index is 0.0115. The van der Waals surface area contributed by atoms with Crippen molar-refractivity contribution in [3.63, 3.8) is 0 Å². The molecule has 0 bridgehead atoms. The molecule has 0 atom stereocenters. The van der Waals surface area contributed by atoms with E-state index in [1.807, 2.05) is 50.3 Å². The van der Waals surface area contributed by atoms with Crippen LogP contribution in [0.5, 0.6) is 0 Å². The van der Waals surface area contributed by atoms with Crippen LogP contribution in [0.1, 0.15) is 23.6 Å². The summed E-state index contributed by atoms with van der Waals surface area (Å²) < 4.78 is 25.0. The van der Waals surface area contributed by atoms with Gasteiger partial charge in [-0.2, -0.15) is 0 Å². The quantitative estimate of drug-likeness (QED) is 0.759. The van der Waals surface area contributed by atoms with Crippen molar-refractivity contribution in [2.45, 2.75) is 24.5 Å². The van der Waals surface area contributed by atoms with Gasteiger partial charge in [0.15, 0.2) is 9.84 Å². The van der Waals surface area contributed by atoms with Crippen LogP contribution in [0.15, 0.2) is 71.7 Å². The maximum absolute atomic E-state index is 12.5. The Kier molecular flexibility index (Phi) is 4.99. The van der Waals surface area contributed by atoms with E-state index in [9.17, 15) is 8.42 Å². The molecule has 3 heteroatoms. The minimum atomic E-state index is -3.33. The first-order valence-corrected chi connectivity index (χ1v) is 8.75. The number of benzene rings is 2. The van der Waals surface area contributed by atoms with Gasteiger partial charge in [0.25, 0.3) is 0 Å². The van der Waals surface area contributed by atoms with Crippen LogP contribution in [0.4, 0.5) is 0 Å². The lowest BCUT2D eigenvalue weighted by Gasteiger charge is -2.10. The largest absolute Gasteiger partial charge is 0.223 e. The summed E-state index contributed by atoms with van der Waals surface area (Å²) in [5, 5.41) is 0. The second kappa shape index (κ2) is 6.75. The molecule has 0 aliphatic heterocycles. The number of hydrogen-bond acceptors (Lipinski definition) is 2. The number of rotatable bonds is 5. The van der Waals surface area contributed by atoms with Crippen LogP contribution in [0.3, 0.4) is 0 Å². The smallest absolute Gasteiger partial charge is 0.182 e. The van der Waals surface area contributed by atoms with Gasteiger partial charge >= 0.3 is 0 Å². The standard InChI is InChI=1S/C19H20O2S/c1-15(2)12-13-17-8-7-9-18(16(17)3)14-22(20,21)19-10-5-4-6-11-19/h4-13H,1,14H2,2-3H3. The Morgan fingerprint density at radius 3 is 2.41 bits per heavy atom. The maximum Gasteiger partial charge on any atom is 0.182 e. The first-order valence-electron chi connectivity index (χ1n) is 7.10. The molecule has 0 spiro atoms. The van der Waals surface area contributed by atoms with Crippen molar-refractivity contribution in [2.75, 3.05) is 0 Å². The Bertz CT molecular complexity index is 801. The van der Waals surface area contributed by atoms with E-state index >= 15 is 0 Å². The molecule has 2 aromatic carbocycles. The molecule has 0 aromatic heterocycles. The van der Waals surface area contributed by atoms with Gasteiger partial charge in [0.05, 0.1) is 10.6 Å². The predicted molar refractivity (Wildman–Crippen MR) is 92.4 cm³/mol. The van der Waals surface area contributed by atoms with E-state index in [0.29, 0.717) is 4.90 Å². The zero-order chi connectivity index (χ0) is 16.2. The van der Waals surface area contributed by atoms with Crippen molar-refractivity contribution < 1.29 is 8.42 Å². The molecular weight excluding hydrogens is 292 g/mol. The fourth-order valence-electron chi connectivity index (χ4n) is 2.19. The molecule has 0 fully saturated rings. The summed E-state index contributed by atoms with van der Waals surface area (Å²) in [5.41, 5.74) is 3.79. The Morgan fingerprint density at radius 2 is 1.77 bits per heavy atom. The highest BCUT2D eigenvalue weighted by Crippen LogP contribution is 2.21. The minimum Gasteiger partial charge on any atom is -0.223 e.